The van der Waals surface area contributed by atoms with E-state index in [1.165, 1.54) is 31.6 Å². The Labute approximate surface area is 115 Å². The van der Waals surface area contributed by atoms with Crippen LogP contribution in [0, 0.1) is 5.41 Å². The number of hydrogen-bond acceptors (Lipinski definition) is 3. The van der Waals surface area contributed by atoms with Crippen molar-refractivity contribution in [3.05, 3.63) is 29.3 Å². The van der Waals surface area contributed by atoms with Crippen LogP contribution in [-0.2, 0) is 6.42 Å². The standard InChI is InChI=1S/C16H22N2O/c1-2-13-9-15(4-3-14(13)10-19)18-7-5-16(6-8-18)11-17-12-16/h3-4,9-10,17H,2,5-8,11-12H2,1H3. The molecule has 0 radical (unpaired) electrons. The normalized spacial score (nSPS) is 21.2. The summed E-state index contributed by atoms with van der Waals surface area (Å²) in [6.07, 6.45) is 4.46. The van der Waals surface area contributed by atoms with Gasteiger partial charge in [0.25, 0.3) is 0 Å². The third kappa shape index (κ3) is 2.27. The lowest BCUT2D eigenvalue weighted by Crippen LogP contribution is -2.58. The Bertz CT molecular complexity index is 470. The molecule has 2 heterocycles. The largest absolute Gasteiger partial charge is 0.371 e. The zero-order chi connectivity index (χ0) is 13.3. The fourth-order valence-electron chi connectivity index (χ4n) is 3.28. The molecule has 0 aliphatic carbocycles. The lowest BCUT2D eigenvalue weighted by atomic mass is 9.73. The zero-order valence-corrected chi connectivity index (χ0v) is 11.6. The maximum Gasteiger partial charge on any atom is 0.150 e. The molecule has 1 aromatic carbocycles. The molecule has 102 valence electrons. The van der Waals surface area contributed by atoms with Crippen molar-refractivity contribution in [3.63, 3.8) is 0 Å². The summed E-state index contributed by atoms with van der Waals surface area (Å²) in [4.78, 5) is 13.5. The molecule has 0 bridgehead atoms. The van der Waals surface area contributed by atoms with Gasteiger partial charge in [0.05, 0.1) is 0 Å². The van der Waals surface area contributed by atoms with Gasteiger partial charge in [-0.2, -0.15) is 0 Å². The second-order valence-corrected chi connectivity index (χ2v) is 5.95. The minimum Gasteiger partial charge on any atom is -0.371 e. The van der Waals surface area contributed by atoms with Gasteiger partial charge in [0.1, 0.15) is 6.29 Å². The maximum atomic E-state index is 11.0. The third-order valence-electron chi connectivity index (χ3n) is 4.82. The molecular formula is C16H22N2O. The predicted octanol–water partition coefficient (Wildman–Crippen LogP) is 2.25. The minimum atomic E-state index is 0.590. The first-order valence-electron chi connectivity index (χ1n) is 7.30. The van der Waals surface area contributed by atoms with E-state index in [0.717, 1.165) is 36.9 Å². The van der Waals surface area contributed by atoms with Crippen molar-refractivity contribution >= 4 is 12.0 Å². The summed E-state index contributed by atoms with van der Waals surface area (Å²) in [5, 5.41) is 3.40. The Morgan fingerprint density at radius 2 is 2.05 bits per heavy atom. The number of nitrogens with zero attached hydrogens (tertiary/aromatic N) is 1. The first-order chi connectivity index (χ1) is 9.26. The second kappa shape index (κ2) is 4.97. The Balaban J connectivity index is 1.74. The molecule has 0 amide bonds. The van der Waals surface area contributed by atoms with Crippen LogP contribution in [0.1, 0.15) is 35.7 Å². The fourth-order valence-corrected chi connectivity index (χ4v) is 3.28. The van der Waals surface area contributed by atoms with E-state index in [4.69, 9.17) is 0 Å². The first-order valence-corrected chi connectivity index (χ1v) is 7.30. The topological polar surface area (TPSA) is 32.3 Å². The summed E-state index contributed by atoms with van der Waals surface area (Å²) in [7, 11) is 0. The van der Waals surface area contributed by atoms with Crippen molar-refractivity contribution < 1.29 is 4.79 Å². The van der Waals surface area contributed by atoms with Crippen LogP contribution in [0.5, 0.6) is 0 Å². The minimum absolute atomic E-state index is 0.590. The number of carbonyl (C=O) groups excluding carboxylic acids is 1. The summed E-state index contributed by atoms with van der Waals surface area (Å²) in [5.41, 5.74) is 3.87. The zero-order valence-electron chi connectivity index (χ0n) is 11.6. The molecular weight excluding hydrogens is 236 g/mol. The van der Waals surface area contributed by atoms with Gasteiger partial charge in [-0.25, -0.2) is 0 Å². The van der Waals surface area contributed by atoms with Gasteiger partial charge in [0, 0.05) is 37.4 Å². The van der Waals surface area contributed by atoms with Gasteiger partial charge in [-0.15, -0.1) is 0 Å². The van der Waals surface area contributed by atoms with Gasteiger partial charge >= 0.3 is 0 Å². The lowest BCUT2D eigenvalue weighted by Gasteiger charge is -2.49. The average molecular weight is 258 g/mol. The molecule has 19 heavy (non-hydrogen) atoms. The molecule has 1 spiro atoms. The second-order valence-electron chi connectivity index (χ2n) is 5.95. The van der Waals surface area contributed by atoms with E-state index in [1.807, 2.05) is 6.07 Å². The van der Waals surface area contributed by atoms with Gasteiger partial charge in [-0.3, -0.25) is 4.79 Å². The highest BCUT2D eigenvalue weighted by molar-refractivity contribution is 5.78. The predicted molar refractivity (Wildman–Crippen MR) is 78.0 cm³/mol. The molecule has 1 N–H and O–H groups in total. The number of aldehydes is 1. The number of anilines is 1. The van der Waals surface area contributed by atoms with Crippen LogP contribution < -0.4 is 10.2 Å². The third-order valence-corrected chi connectivity index (χ3v) is 4.82. The summed E-state index contributed by atoms with van der Waals surface area (Å²) < 4.78 is 0. The SMILES string of the molecule is CCc1cc(N2CCC3(CC2)CNC3)ccc1C=O. The maximum absolute atomic E-state index is 11.0. The number of aryl methyl sites for hydroxylation is 1. The molecule has 0 saturated carbocycles. The summed E-state index contributed by atoms with van der Waals surface area (Å²) in [5.74, 6) is 0. The van der Waals surface area contributed by atoms with Crippen LogP contribution in [0.25, 0.3) is 0 Å². The number of rotatable bonds is 3. The molecule has 2 aliphatic heterocycles. The molecule has 2 saturated heterocycles. The average Bonchev–Trinajstić information content (AvgIpc) is 2.45. The van der Waals surface area contributed by atoms with Crippen molar-refractivity contribution in [2.24, 2.45) is 5.41 Å². The van der Waals surface area contributed by atoms with Gasteiger partial charge in [0.2, 0.25) is 0 Å². The first kappa shape index (κ1) is 12.7. The van der Waals surface area contributed by atoms with Crippen LogP contribution in [0.15, 0.2) is 18.2 Å². The fraction of sp³-hybridized carbons (Fsp3) is 0.562. The van der Waals surface area contributed by atoms with Crippen LogP contribution in [0.2, 0.25) is 0 Å². The Hall–Kier alpha value is -1.35. The van der Waals surface area contributed by atoms with Crippen molar-refractivity contribution in [3.8, 4) is 0 Å². The van der Waals surface area contributed by atoms with Crippen LogP contribution in [-0.4, -0.2) is 32.5 Å². The summed E-state index contributed by atoms with van der Waals surface area (Å²) >= 11 is 0. The summed E-state index contributed by atoms with van der Waals surface area (Å²) in [6.45, 7) is 6.80. The Kier molecular flexibility index (Phi) is 3.31. The van der Waals surface area contributed by atoms with E-state index in [2.05, 4.69) is 29.3 Å². The van der Waals surface area contributed by atoms with Crippen LogP contribution >= 0.6 is 0 Å². The van der Waals surface area contributed by atoms with Gasteiger partial charge in [-0.1, -0.05) is 6.92 Å². The monoisotopic (exact) mass is 258 g/mol. The van der Waals surface area contributed by atoms with Gasteiger partial charge < -0.3 is 10.2 Å². The van der Waals surface area contributed by atoms with Crippen LogP contribution in [0.4, 0.5) is 5.69 Å². The smallest absolute Gasteiger partial charge is 0.150 e. The van der Waals surface area contributed by atoms with Crippen molar-refractivity contribution in [1.82, 2.24) is 5.32 Å². The molecule has 3 nitrogen and oxygen atoms in total. The summed E-state index contributed by atoms with van der Waals surface area (Å²) in [6, 6.07) is 6.26. The van der Waals surface area contributed by atoms with E-state index in [9.17, 15) is 4.79 Å². The number of nitrogens with one attached hydrogen (secondary N) is 1. The lowest BCUT2D eigenvalue weighted by molar-refractivity contribution is 0.112. The highest BCUT2D eigenvalue weighted by atomic mass is 16.1. The molecule has 1 aromatic rings. The van der Waals surface area contributed by atoms with Gasteiger partial charge in [0.15, 0.2) is 0 Å². The molecule has 2 fully saturated rings. The molecule has 0 unspecified atom stereocenters. The van der Waals surface area contributed by atoms with Crippen molar-refractivity contribution in [2.45, 2.75) is 26.2 Å². The molecule has 0 atom stereocenters. The Morgan fingerprint density at radius 3 is 2.58 bits per heavy atom. The van der Waals surface area contributed by atoms with Gasteiger partial charge in [-0.05, 0) is 48.4 Å². The number of carbonyl (C=O) groups is 1. The van der Waals surface area contributed by atoms with E-state index in [1.54, 1.807) is 0 Å². The highest BCUT2D eigenvalue weighted by Gasteiger charge is 2.39. The molecule has 3 rings (SSSR count). The van der Waals surface area contributed by atoms with Crippen molar-refractivity contribution in [2.75, 3.05) is 31.1 Å². The van der Waals surface area contributed by atoms with E-state index in [-0.39, 0.29) is 0 Å². The van der Waals surface area contributed by atoms with Crippen LogP contribution in [0.3, 0.4) is 0 Å². The highest BCUT2D eigenvalue weighted by Crippen LogP contribution is 2.36. The Morgan fingerprint density at radius 1 is 1.32 bits per heavy atom. The van der Waals surface area contributed by atoms with Crippen molar-refractivity contribution in [1.29, 1.82) is 0 Å². The number of benzene rings is 1. The van der Waals surface area contributed by atoms with E-state index >= 15 is 0 Å². The van der Waals surface area contributed by atoms with E-state index in [0.29, 0.717) is 5.41 Å². The quantitative estimate of drug-likeness (QED) is 0.844. The number of piperidine rings is 1. The molecule has 2 aliphatic rings. The van der Waals surface area contributed by atoms with E-state index < -0.39 is 0 Å². The molecule has 3 heteroatoms. The number of hydrogen-bond donors (Lipinski definition) is 1. The molecule has 0 aromatic heterocycles.